The molecule has 106 valence electrons. The summed E-state index contributed by atoms with van der Waals surface area (Å²) in [6.45, 7) is 0. The lowest BCUT2D eigenvalue weighted by Gasteiger charge is -1.99. The molecule has 0 saturated carbocycles. The summed E-state index contributed by atoms with van der Waals surface area (Å²) in [5.41, 5.74) is 6.76. The highest BCUT2D eigenvalue weighted by Gasteiger charge is 2.14. The van der Waals surface area contributed by atoms with Gasteiger partial charge in [-0.3, -0.25) is 0 Å². The number of hydrogen-bond donors (Lipinski definition) is 1. The topological polar surface area (TPSA) is 64.9 Å². The van der Waals surface area contributed by atoms with Gasteiger partial charge in [-0.05, 0) is 30.3 Å². The minimum atomic E-state index is -0.720. The smallest absolute Gasteiger partial charge is 0.259 e. The van der Waals surface area contributed by atoms with Gasteiger partial charge < -0.3 is 10.3 Å². The van der Waals surface area contributed by atoms with E-state index in [0.717, 1.165) is 18.2 Å². The molecule has 0 aliphatic rings. The quantitative estimate of drug-likeness (QED) is 0.729. The molecule has 0 atom stereocenters. The largest absolute Gasteiger partial charge is 0.399 e. The zero-order valence-corrected chi connectivity index (χ0v) is 11.2. The molecular weight excluding hydrogens is 300 g/mol. The van der Waals surface area contributed by atoms with Gasteiger partial charge in [0.15, 0.2) is 0 Å². The number of nitrogens with zero attached hydrogens (tertiary/aromatic N) is 2. The van der Waals surface area contributed by atoms with Crippen LogP contribution in [-0.2, 0) is 0 Å². The zero-order valence-electron chi connectivity index (χ0n) is 10.5. The summed E-state index contributed by atoms with van der Waals surface area (Å²) in [5.74, 6) is -1.24. The van der Waals surface area contributed by atoms with E-state index < -0.39 is 11.6 Å². The fraction of sp³-hybridized carbons (Fsp3) is 0. The Morgan fingerprint density at radius 3 is 2.43 bits per heavy atom. The lowest BCUT2D eigenvalue weighted by Crippen LogP contribution is -1.87. The molecule has 7 heteroatoms. The van der Waals surface area contributed by atoms with Gasteiger partial charge in [0.2, 0.25) is 5.82 Å². The fourth-order valence-electron chi connectivity index (χ4n) is 1.84. The molecule has 0 saturated heterocycles. The molecule has 0 fully saturated rings. The normalized spacial score (nSPS) is 10.8. The molecule has 4 nitrogen and oxygen atoms in total. The third kappa shape index (κ3) is 2.71. The Kier molecular flexibility index (Phi) is 3.31. The lowest BCUT2D eigenvalue weighted by atomic mass is 10.2. The lowest BCUT2D eigenvalue weighted by molar-refractivity contribution is 0.432. The van der Waals surface area contributed by atoms with E-state index in [1.165, 1.54) is 0 Å². The summed E-state index contributed by atoms with van der Waals surface area (Å²) in [4.78, 5) is 4.09. The predicted molar refractivity (Wildman–Crippen MR) is 74.5 cm³/mol. The van der Waals surface area contributed by atoms with Crippen molar-refractivity contribution in [3.8, 4) is 22.8 Å². The summed E-state index contributed by atoms with van der Waals surface area (Å²) in [6.07, 6.45) is 0. The molecule has 3 aromatic rings. The number of hydrogen-bond acceptors (Lipinski definition) is 4. The van der Waals surface area contributed by atoms with Crippen molar-refractivity contribution in [1.29, 1.82) is 0 Å². The van der Waals surface area contributed by atoms with Crippen molar-refractivity contribution in [2.75, 3.05) is 5.73 Å². The Hall–Kier alpha value is -2.47. The Morgan fingerprint density at radius 1 is 1.05 bits per heavy atom. The van der Waals surface area contributed by atoms with Crippen LogP contribution < -0.4 is 5.73 Å². The second-order valence-electron chi connectivity index (χ2n) is 4.32. The molecular formula is C14H8ClF2N3O. The second-order valence-corrected chi connectivity index (χ2v) is 4.73. The molecule has 0 amide bonds. The molecule has 1 heterocycles. The monoisotopic (exact) mass is 307 g/mol. The van der Waals surface area contributed by atoms with Crippen LogP contribution in [-0.4, -0.2) is 10.1 Å². The van der Waals surface area contributed by atoms with Crippen LogP contribution >= 0.6 is 11.6 Å². The van der Waals surface area contributed by atoms with E-state index in [9.17, 15) is 8.78 Å². The molecule has 0 radical (unpaired) electrons. The first-order valence-corrected chi connectivity index (χ1v) is 6.26. The van der Waals surface area contributed by atoms with Gasteiger partial charge in [0.25, 0.3) is 5.89 Å². The highest BCUT2D eigenvalue weighted by atomic mass is 35.5. The van der Waals surface area contributed by atoms with E-state index >= 15 is 0 Å². The number of aromatic nitrogens is 2. The minimum absolute atomic E-state index is 0.0660. The third-order valence-electron chi connectivity index (χ3n) is 2.77. The van der Waals surface area contributed by atoms with E-state index in [2.05, 4.69) is 10.1 Å². The van der Waals surface area contributed by atoms with E-state index in [-0.39, 0.29) is 17.3 Å². The van der Waals surface area contributed by atoms with Gasteiger partial charge in [0.05, 0.1) is 10.6 Å². The number of rotatable bonds is 2. The zero-order chi connectivity index (χ0) is 15.0. The molecule has 1 aromatic heterocycles. The predicted octanol–water partition coefficient (Wildman–Crippen LogP) is 3.92. The average molecular weight is 308 g/mol. The van der Waals surface area contributed by atoms with Crippen molar-refractivity contribution in [3.05, 3.63) is 53.1 Å². The van der Waals surface area contributed by atoms with E-state index in [4.69, 9.17) is 21.9 Å². The van der Waals surface area contributed by atoms with Crippen LogP contribution in [0.1, 0.15) is 0 Å². The van der Waals surface area contributed by atoms with Gasteiger partial charge in [-0.1, -0.05) is 16.8 Å². The van der Waals surface area contributed by atoms with Crippen molar-refractivity contribution in [3.63, 3.8) is 0 Å². The number of halogens is 3. The van der Waals surface area contributed by atoms with Crippen molar-refractivity contribution in [1.82, 2.24) is 10.1 Å². The Labute approximate surface area is 123 Å². The third-order valence-corrected chi connectivity index (χ3v) is 3.08. The summed E-state index contributed by atoms with van der Waals surface area (Å²) in [5, 5.41) is 4.04. The molecule has 0 spiro atoms. The van der Waals surface area contributed by atoms with Crippen molar-refractivity contribution in [2.45, 2.75) is 0 Å². The van der Waals surface area contributed by atoms with Crippen molar-refractivity contribution in [2.24, 2.45) is 0 Å². The molecule has 3 rings (SSSR count). The van der Waals surface area contributed by atoms with Gasteiger partial charge in [0, 0.05) is 17.3 Å². The number of nitrogen functional groups attached to an aromatic ring is 1. The summed E-state index contributed by atoms with van der Waals surface area (Å²) in [6, 6.07) is 7.79. The number of nitrogens with two attached hydrogens (primary N) is 1. The van der Waals surface area contributed by atoms with Crippen LogP contribution in [0.4, 0.5) is 14.5 Å². The SMILES string of the molecule is Nc1ccc(-c2nc(-c3cc(F)cc(F)c3)no2)c(Cl)c1. The van der Waals surface area contributed by atoms with Gasteiger partial charge in [0.1, 0.15) is 11.6 Å². The maximum absolute atomic E-state index is 13.2. The minimum Gasteiger partial charge on any atom is -0.399 e. The molecule has 0 unspecified atom stereocenters. The maximum Gasteiger partial charge on any atom is 0.259 e. The van der Waals surface area contributed by atoms with Gasteiger partial charge in [-0.2, -0.15) is 4.98 Å². The van der Waals surface area contributed by atoms with E-state index in [1.807, 2.05) is 0 Å². The van der Waals surface area contributed by atoms with Crippen LogP contribution in [0, 0.1) is 11.6 Å². The van der Waals surface area contributed by atoms with Gasteiger partial charge in [-0.25, -0.2) is 8.78 Å². The molecule has 2 N–H and O–H groups in total. The summed E-state index contributed by atoms with van der Waals surface area (Å²) < 4.78 is 31.5. The second kappa shape index (κ2) is 5.14. The summed E-state index contributed by atoms with van der Waals surface area (Å²) in [7, 11) is 0. The van der Waals surface area contributed by atoms with E-state index in [0.29, 0.717) is 16.3 Å². The molecule has 0 aliphatic heterocycles. The molecule has 0 bridgehead atoms. The first-order chi connectivity index (χ1) is 10.0. The van der Waals surface area contributed by atoms with Crippen LogP contribution in [0.3, 0.4) is 0 Å². The molecule has 2 aromatic carbocycles. The van der Waals surface area contributed by atoms with Crippen LogP contribution in [0.15, 0.2) is 40.9 Å². The standard InChI is InChI=1S/C14H8ClF2N3O/c15-12-6-10(18)1-2-11(12)14-19-13(20-21-14)7-3-8(16)5-9(17)4-7/h1-6H,18H2. The first-order valence-electron chi connectivity index (χ1n) is 5.88. The first kappa shape index (κ1) is 13.5. The highest BCUT2D eigenvalue weighted by molar-refractivity contribution is 6.33. The molecule has 21 heavy (non-hydrogen) atoms. The Morgan fingerprint density at radius 2 is 1.76 bits per heavy atom. The average Bonchev–Trinajstić information content (AvgIpc) is 2.87. The van der Waals surface area contributed by atoms with Crippen LogP contribution in [0.5, 0.6) is 0 Å². The van der Waals surface area contributed by atoms with Crippen LogP contribution in [0.2, 0.25) is 5.02 Å². The highest BCUT2D eigenvalue weighted by Crippen LogP contribution is 2.30. The fourth-order valence-corrected chi connectivity index (χ4v) is 2.11. The van der Waals surface area contributed by atoms with Gasteiger partial charge in [-0.15, -0.1) is 0 Å². The van der Waals surface area contributed by atoms with Crippen LogP contribution in [0.25, 0.3) is 22.8 Å². The van der Waals surface area contributed by atoms with Crippen molar-refractivity contribution < 1.29 is 13.3 Å². The van der Waals surface area contributed by atoms with E-state index in [1.54, 1.807) is 18.2 Å². The Balaban J connectivity index is 2.03. The number of anilines is 1. The van der Waals surface area contributed by atoms with Crippen molar-refractivity contribution >= 4 is 17.3 Å². The Bertz CT molecular complexity index is 799. The van der Waals surface area contributed by atoms with Gasteiger partial charge >= 0.3 is 0 Å². The maximum atomic E-state index is 13.2. The number of benzene rings is 2. The summed E-state index contributed by atoms with van der Waals surface area (Å²) >= 11 is 6.04. The molecule has 0 aliphatic carbocycles.